The zero-order valence-corrected chi connectivity index (χ0v) is 21.8. The molecule has 0 spiro atoms. The molecule has 1 heterocycles. The summed E-state index contributed by atoms with van der Waals surface area (Å²) in [7, 11) is 0. The van der Waals surface area contributed by atoms with Gasteiger partial charge >= 0.3 is 5.97 Å². The number of carboxylic acids is 1. The van der Waals surface area contributed by atoms with Gasteiger partial charge in [0, 0.05) is 18.9 Å². The van der Waals surface area contributed by atoms with Crippen molar-refractivity contribution in [2.45, 2.75) is 77.5 Å². The fraction of sp³-hybridized carbons (Fsp3) is 0.519. The fourth-order valence-corrected chi connectivity index (χ4v) is 3.97. The number of allylic oxidation sites excluding steroid dienone is 1. The number of carbonyl (C=O) groups excluding carboxylic acids is 4. The maximum absolute atomic E-state index is 13.4. The van der Waals surface area contributed by atoms with Gasteiger partial charge in [-0.3, -0.25) is 24.0 Å². The first-order chi connectivity index (χ1) is 17.5. The Bertz CT molecular complexity index is 994. The Morgan fingerprint density at radius 2 is 1.57 bits per heavy atom. The first kappa shape index (κ1) is 29.5. The van der Waals surface area contributed by atoms with E-state index in [1.807, 2.05) is 30.3 Å². The van der Waals surface area contributed by atoms with E-state index in [1.54, 1.807) is 32.9 Å². The van der Waals surface area contributed by atoms with Crippen molar-refractivity contribution in [3.05, 3.63) is 48.0 Å². The molecule has 10 nitrogen and oxygen atoms in total. The van der Waals surface area contributed by atoms with Gasteiger partial charge in [-0.2, -0.15) is 0 Å². The molecule has 0 saturated carbocycles. The zero-order valence-electron chi connectivity index (χ0n) is 21.8. The van der Waals surface area contributed by atoms with Gasteiger partial charge in [-0.15, -0.1) is 0 Å². The standard InChI is InChI=1S/C27H38N4O6/c1-16(2)23-27(37)28-18(4)25(35)30-21(15-19-11-7-5-8-12-19)26(36)29-20(17(3)24(34)31-23)13-9-6-10-14-22(32)33/h5-9,11-12,16-18,20-21,23H,10,13-15H2,1-4H3,(H,28,37)(H,29,36)(H,30,35)(H,31,34)(H,32,33)/t17-,18+,20+,21+,23?/m0/s1. The Morgan fingerprint density at radius 1 is 0.892 bits per heavy atom. The van der Waals surface area contributed by atoms with Crippen LogP contribution >= 0.6 is 0 Å². The average molecular weight is 515 g/mol. The summed E-state index contributed by atoms with van der Waals surface area (Å²) < 4.78 is 0. The maximum Gasteiger partial charge on any atom is 0.303 e. The fourth-order valence-electron chi connectivity index (χ4n) is 3.97. The van der Waals surface area contributed by atoms with Crippen molar-refractivity contribution < 1.29 is 29.1 Å². The Kier molecular flexibility index (Phi) is 11.3. The molecular formula is C27H38N4O6. The molecule has 1 aromatic rings. The van der Waals surface area contributed by atoms with Gasteiger partial charge in [0.25, 0.3) is 0 Å². The molecular weight excluding hydrogens is 476 g/mol. The summed E-state index contributed by atoms with van der Waals surface area (Å²) in [6.07, 6.45) is 4.20. The normalized spacial score (nSPS) is 25.8. The van der Waals surface area contributed by atoms with Gasteiger partial charge in [0.2, 0.25) is 23.6 Å². The van der Waals surface area contributed by atoms with Crippen LogP contribution in [0.3, 0.4) is 0 Å². The van der Waals surface area contributed by atoms with Gasteiger partial charge < -0.3 is 26.4 Å². The van der Waals surface area contributed by atoms with Crippen molar-refractivity contribution in [2.24, 2.45) is 11.8 Å². The lowest BCUT2D eigenvalue weighted by molar-refractivity contribution is -0.137. The van der Waals surface area contributed by atoms with E-state index < -0.39 is 59.7 Å². The van der Waals surface area contributed by atoms with E-state index in [1.165, 1.54) is 6.92 Å². The van der Waals surface area contributed by atoms with Gasteiger partial charge in [0.05, 0.1) is 5.92 Å². The molecule has 2 rings (SSSR count). The summed E-state index contributed by atoms with van der Waals surface area (Å²) in [5.74, 6) is -3.75. The lowest BCUT2D eigenvalue weighted by Gasteiger charge is -2.28. The largest absolute Gasteiger partial charge is 0.481 e. The van der Waals surface area contributed by atoms with E-state index >= 15 is 0 Å². The highest BCUT2D eigenvalue weighted by Crippen LogP contribution is 2.14. The smallest absolute Gasteiger partial charge is 0.303 e. The molecule has 1 aromatic carbocycles. The van der Waals surface area contributed by atoms with Crippen LogP contribution in [0.4, 0.5) is 0 Å². The van der Waals surface area contributed by atoms with Crippen LogP contribution in [0.2, 0.25) is 0 Å². The second-order valence-electron chi connectivity index (χ2n) is 9.75. The first-order valence-electron chi connectivity index (χ1n) is 12.6. The molecule has 1 aliphatic rings. The van der Waals surface area contributed by atoms with E-state index in [4.69, 9.17) is 5.11 Å². The van der Waals surface area contributed by atoms with Crippen molar-refractivity contribution >= 4 is 29.6 Å². The Labute approximate surface area is 217 Å². The molecule has 1 saturated heterocycles. The third-order valence-electron chi connectivity index (χ3n) is 6.34. The Morgan fingerprint density at radius 3 is 2.19 bits per heavy atom. The van der Waals surface area contributed by atoms with Crippen molar-refractivity contribution in [1.29, 1.82) is 0 Å². The van der Waals surface area contributed by atoms with Crippen LogP contribution in [-0.4, -0.2) is 58.9 Å². The predicted octanol–water partition coefficient (Wildman–Crippen LogP) is 1.31. The minimum atomic E-state index is -0.940. The molecule has 5 N–H and O–H groups in total. The summed E-state index contributed by atoms with van der Waals surface area (Å²) in [5, 5.41) is 19.9. The minimum absolute atomic E-state index is 0.0297. The summed E-state index contributed by atoms with van der Waals surface area (Å²) >= 11 is 0. The van der Waals surface area contributed by atoms with Crippen molar-refractivity contribution in [1.82, 2.24) is 21.3 Å². The second kappa shape index (κ2) is 14.2. The highest BCUT2D eigenvalue weighted by atomic mass is 16.4. The van der Waals surface area contributed by atoms with Gasteiger partial charge in [-0.05, 0) is 31.2 Å². The van der Waals surface area contributed by atoms with Crippen LogP contribution in [0.25, 0.3) is 0 Å². The van der Waals surface area contributed by atoms with Crippen molar-refractivity contribution in [3.8, 4) is 0 Å². The number of rotatable bonds is 8. The van der Waals surface area contributed by atoms with Crippen LogP contribution < -0.4 is 21.3 Å². The Hall–Kier alpha value is -3.69. The highest BCUT2D eigenvalue weighted by Gasteiger charge is 2.34. The molecule has 4 amide bonds. The van der Waals surface area contributed by atoms with E-state index in [0.717, 1.165) is 5.56 Å². The quantitative estimate of drug-likeness (QED) is 0.330. The molecule has 1 aliphatic heterocycles. The number of hydrogen-bond donors (Lipinski definition) is 5. The van der Waals surface area contributed by atoms with E-state index in [2.05, 4.69) is 21.3 Å². The number of amides is 4. The monoisotopic (exact) mass is 514 g/mol. The SMILES string of the molecule is CC(C)C1NC(=O)[C@@H](C)[C@@H](CC=CCCC(=O)O)NC(=O)[C@@H](Cc2ccccc2)NC(=O)[C@@H](C)NC1=O. The third kappa shape index (κ3) is 9.36. The zero-order chi connectivity index (χ0) is 27.5. The number of carbonyl (C=O) groups is 5. The van der Waals surface area contributed by atoms with E-state index in [9.17, 15) is 24.0 Å². The predicted molar refractivity (Wildman–Crippen MR) is 138 cm³/mol. The van der Waals surface area contributed by atoms with Crippen molar-refractivity contribution in [2.75, 3.05) is 0 Å². The number of aliphatic carboxylic acids is 1. The number of nitrogens with one attached hydrogen (secondary N) is 4. The molecule has 0 bridgehead atoms. The molecule has 1 unspecified atom stereocenters. The summed E-state index contributed by atoms with van der Waals surface area (Å²) in [6, 6.07) is 5.82. The molecule has 0 aromatic heterocycles. The lowest BCUT2D eigenvalue weighted by atomic mass is 9.94. The number of benzene rings is 1. The highest BCUT2D eigenvalue weighted by molar-refractivity contribution is 5.95. The second-order valence-corrected chi connectivity index (χ2v) is 9.75. The van der Waals surface area contributed by atoms with Gasteiger partial charge in [-0.1, -0.05) is 63.3 Å². The molecule has 5 atom stereocenters. The van der Waals surface area contributed by atoms with Crippen LogP contribution in [-0.2, 0) is 30.4 Å². The van der Waals surface area contributed by atoms with Crippen molar-refractivity contribution in [3.63, 3.8) is 0 Å². The molecule has 202 valence electrons. The van der Waals surface area contributed by atoms with Crippen LogP contribution in [0, 0.1) is 11.8 Å². The maximum atomic E-state index is 13.4. The van der Waals surface area contributed by atoms with E-state index in [-0.39, 0.29) is 25.2 Å². The first-order valence-corrected chi connectivity index (χ1v) is 12.6. The molecule has 1 fully saturated rings. The summed E-state index contributed by atoms with van der Waals surface area (Å²) in [5.41, 5.74) is 0.833. The minimum Gasteiger partial charge on any atom is -0.481 e. The average Bonchev–Trinajstić information content (AvgIpc) is 2.84. The molecule has 10 heteroatoms. The van der Waals surface area contributed by atoms with Crippen LogP contribution in [0.15, 0.2) is 42.5 Å². The van der Waals surface area contributed by atoms with Crippen LogP contribution in [0.1, 0.15) is 52.5 Å². The third-order valence-corrected chi connectivity index (χ3v) is 6.34. The topological polar surface area (TPSA) is 154 Å². The number of hydrogen-bond acceptors (Lipinski definition) is 5. The summed E-state index contributed by atoms with van der Waals surface area (Å²) in [4.78, 5) is 63.2. The molecule has 0 aliphatic carbocycles. The van der Waals surface area contributed by atoms with Gasteiger partial charge in [0.1, 0.15) is 18.1 Å². The van der Waals surface area contributed by atoms with Gasteiger partial charge in [0.15, 0.2) is 0 Å². The van der Waals surface area contributed by atoms with Gasteiger partial charge in [-0.25, -0.2) is 0 Å². The van der Waals surface area contributed by atoms with E-state index in [0.29, 0.717) is 6.42 Å². The lowest BCUT2D eigenvalue weighted by Crippen LogP contribution is -2.56. The number of carboxylic acid groups (broad SMARTS) is 1. The van der Waals surface area contributed by atoms with Crippen LogP contribution in [0.5, 0.6) is 0 Å². The Balaban J connectivity index is 2.38. The summed E-state index contributed by atoms with van der Waals surface area (Å²) in [6.45, 7) is 6.77. The molecule has 37 heavy (non-hydrogen) atoms. The molecule has 0 radical (unpaired) electrons.